The van der Waals surface area contributed by atoms with Gasteiger partial charge in [0.2, 0.25) is 0 Å². The molecule has 28 heavy (non-hydrogen) atoms. The van der Waals surface area contributed by atoms with E-state index in [9.17, 15) is 4.79 Å². The molecule has 0 spiro atoms. The van der Waals surface area contributed by atoms with Gasteiger partial charge in [-0.1, -0.05) is 12.1 Å². The lowest BCUT2D eigenvalue weighted by molar-refractivity contribution is 0.0950. The first-order valence-electron chi connectivity index (χ1n) is 8.40. The number of ether oxygens (including phenoxy) is 3. The topological polar surface area (TPSA) is 97.8 Å². The van der Waals surface area contributed by atoms with E-state index in [-0.39, 0.29) is 5.69 Å². The molecule has 1 aromatic heterocycles. The van der Waals surface area contributed by atoms with Crippen molar-refractivity contribution >= 4 is 12.1 Å². The van der Waals surface area contributed by atoms with Crippen LogP contribution >= 0.6 is 0 Å². The second-order valence-corrected chi connectivity index (χ2v) is 5.71. The number of H-pyrrole nitrogens is 1. The number of carbonyl (C=O) groups excluding carboxylic acids is 1. The average Bonchev–Trinajstić information content (AvgIpc) is 3.23. The fourth-order valence-electron chi connectivity index (χ4n) is 2.54. The van der Waals surface area contributed by atoms with Gasteiger partial charge in [-0.25, -0.2) is 5.43 Å². The Balaban J connectivity index is 1.73. The number of rotatable bonds is 7. The van der Waals surface area contributed by atoms with Crippen molar-refractivity contribution in [2.24, 2.45) is 5.10 Å². The Morgan fingerprint density at radius 2 is 1.82 bits per heavy atom. The largest absolute Gasteiger partial charge is 0.497 e. The Morgan fingerprint density at radius 1 is 1.04 bits per heavy atom. The second-order valence-electron chi connectivity index (χ2n) is 5.71. The molecule has 2 aromatic carbocycles. The normalized spacial score (nSPS) is 10.7. The standard InChI is InChI=1S/C20H20N4O4/c1-26-14-6-4-5-13(9-14)12-21-24-20(25)18-11-17(22-23-18)16-10-15(27-2)7-8-19(16)28-3/h4-12H,1-3H3,(H,22,23)(H,24,25). The van der Waals surface area contributed by atoms with Gasteiger partial charge in [-0.3, -0.25) is 9.89 Å². The highest BCUT2D eigenvalue weighted by atomic mass is 16.5. The number of hydrogen-bond acceptors (Lipinski definition) is 6. The number of aromatic amines is 1. The zero-order valence-corrected chi connectivity index (χ0v) is 15.7. The summed E-state index contributed by atoms with van der Waals surface area (Å²) in [6, 6.07) is 14.3. The number of carbonyl (C=O) groups is 1. The van der Waals surface area contributed by atoms with Gasteiger partial charge in [-0.15, -0.1) is 0 Å². The molecule has 1 amide bonds. The molecule has 0 aliphatic rings. The van der Waals surface area contributed by atoms with Crippen molar-refractivity contribution in [3.05, 3.63) is 59.8 Å². The van der Waals surface area contributed by atoms with E-state index in [1.165, 1.54) is 6.21 Å². The van der Waals surface area contributed by atoms with E-state index in [4.69, 9.17) is 14.2 Å². The van der Waals surface area contributed by atoms with Crippen LogP contribution in [0, 0.1) is 0 Å². The number of benzene rings is 2. The molecular formula is C20H20N4O4. The number of aromatic nitrogens is 2. The van der Waals surface area contributed by atoms with Crippen molar-refractivity contribution < 1.29 is 19.0 Å². The molecule has 0 fully saturated rings. The van der Waals surface area contributed by atoms with E-state index in [1.54, 1.807) is 51.7 Å². The quantitative estimate of drug-likeness (QED) is 0.485. The minimum Gasteiger partial charge on any atom is -0.497 e. The van der Waals surface area contributed by atoms with E-state index in [2.05, 4.69) is 20.7 Å². The third-order valence-corrected chi connectivity index (χ3v) is 3.98. The van der Waals surface area contributed by atoms with Gasteiger partial charge in [-0.05, 0) is 42.0 Å². The van der Waals surface area contributed by atoms with Crippen LogP contribution in [-0.4, -0.2) is 43.6 Å². The van der Waals surface area contributed by atoms with Crippen molar-refractivity contribution in [1.82, 2.24) is 15.6 Å². The zero-order chi connectivity index (χ0) is 19.9. The molecule has 0 saturated carbocycles. The highest BCUT2D eigenvalue weighted by Gasteiger charge is 2.14. The first-order chi connectivity index (χ1) is 13.6. The summed E-state index contributed by atoms with van der Waals surface area (Å²) in [4.78, 5) is 12.3. The summed E-state index contributed by atoms with van der Waals surface area (Å²) < 4.78 is 15.7. The number of hydrazone groups is 1. The van der Waals surface area contributed by atoms with Gasteiger partial charge >= 0.3 is 0 Å². The van der Waals surface area contributed by atoms with Crippen molar-refractivity contribution in [2.75, 3.05) is 21.3 Å². The summed E-state index contributed by atoms with van der Waals surface area (Å²) >= 11 is 0. The lowest BCUT2D eigenvalue weighted by Crippen LogP contribution is -2.18. The van der Waals surface area contributed by atoms with Gasteiger partial charge in [0.15, 0.2) is 0 Å². The van der Waals surface area contributed by atoms with Crippen LogP contribution in [0.2, 0.25) is 0 Å². The molecule has 8 nitrogen and oxygen atoms in total. The molecule has 144 valence electrons. The zero-order valence-electron chi connectivity index (χ0n) is 15.7. The molecule has 2 N–H and O–H groups in total. The third kappa shape index (κ3) is 4.29. The summed E-state index contributed by atoms with van der Waals surface area (Å²) in [6.45, 7) is 0. The number of amides is 1. The SMILES string of the molecule is COc1cccc(C=NNC(=O)c2cc(-c3cc(OC)ccc3OC)n[nH]2)c1. The molecule has 1 heterocycles. The first kappa shape index (κ1) is 19.0. The maximum Gasteiger partial charge on any atom is 0.289 e. The summed E-state index contributed by atoms with van der Waals surface area (Å²) in [5.41, 5.74) is 4.79. The van der Waals surface area contributed by atoms with Gasteiger partial charge < -0.3 is 14.2 Å². The molecule has 0 saturated heterocycles. The van der Waals surface area contributed by atoms with Crippen molar-refractivity contribution in [1.29, 1.82) is 0 Å². The fourth-order valence-corrected chi connectivity index (χ4v) is 2.54. The van der Waals surface area contributed by atoms with Gasteiger partial charge in [0.1, 0.15) is 22.9 Å². The van der Waals surface area contributed by atoms with Gasteiger partial charge in [0.05, 0.1) is 33.2 Å². The number of methoxy groups -OCH3 is 3. The van der Waals surface area contributed by atoms with E-state index in [0.717, 1.165) is 5.56 Å². The molecular weight excluding hydrogens is 360 g/mol. The van der Waals surface area contributed by atoms with E-state index >= 15 is 0 Å². The Labute approximate surface area is 162 Å². The van der Waals surface area contributed by atoms with Crippen LogP contribution < -0.4 is 19.6 Å². The van der Waals surface area contributed by atoms with Crippen LogP contribution in [0.3, 0.4) is 0 Å². The lowest BCUT2D eigenvalue weighted by Gasteiger charge is -2.08. The highest BCUT2D eigenvalue weighted by molar-refractivity contribution is 5.94. The summed E-state index contributed by atoms with van der Waals surface area (Å²) in [5, 5.41) is 10.9. The Bertz CT molecular complexity index is 997. The third-order valence-electron chi connectivity index (χ3n) is 3.98. The van der Waals surface area contributed by atoms with Gasteiger partial charge in [0, 0.05) is 5.56 Å². The highest BCUT2D eigenvalue weighted by Crippen LogP contribution is 2.32. The molecule has 0 bridgehead atoms. The van der Waals surface area contributed by atoms with Crippen LogP contribution in [0.5, 0.6) is 17.2 Å². The maximum atomic E-state index is 12.3. The summed E-state index contributed by atoms with van der Waals surface area (Å²) in [5.74, 6) is 1.57. The Hall–Kier alpha value is -3.81. The smallest absolute Gasteiger partial charge is 0.289 e. The summed E-state index contributed by atoms with van der Waals surface area (Å²) in [6.07, 6.45) is 1.53. The predicted molar refractivity (Wildman–Crippen MR) is 105 cm³/mol. The molecule has 0 unspecified atom stereocenters. The van der Waals surface area contributed by atoms with Crippen LogP contribution in [0.15, 0.2) is 53.6 Å². The van der Waals surface area contributed by atoms with Crippen molar-refractivity contribution in [3.8, 4) is 28.5 Å². The maximum absolute atomic E-state index is 12.3. The molecule has 0 atom stereocenters. The van der Waals surface area contributed by atoms with Gasteiger partial charge in [-0.2, -0.15) is 10.2 Å². The Kier molecular flexibility index (Phi) is 5.91. The average molecular weight is 380 g/mol. The van der Waals surface area contributed by atoms with E-state index in [1.807, 2.05) is 18.2 Å². The molecule has 8 heteroatoms. The monoisotopic (exact) mass is 380 g/mol. The molecule has 0 aliphatic carbocycles. The van der Waals surface area contributed by atoms with Crippen LogP contribution in [-0.2, 0) is 0 Å². The first-order valence-corrected chi connectivity index (χ1v) is 8.40. The van der Waals surface area contributed by atoms with Crippen LogP contribution in [0.1, 0.15) is 16.1 Å². The molecule has 0 radical (unpaired) electrons. The number of hydrogen-bond donors (Lipinski definition) is 2. The minimum atomic E-state index is -0.417. The number of nitrogens with one attached hydrogen (secondary N) is 2. The predicted octanol–water partition coefficient (Wildman–Crippen LogP) is 2.87. The molecule has 3 rings (SSSR count). The van der Waals surface area contributed by atoms with Gasteiger partial charge in [0.25, 0.3) is 5.91 Å². The lowest BCUT2D eigenvalue weighted by atomic mass is 10.1. The Morgan fingerprint density at radius 3 is 2.57 bits per heavy atom. The van der Waals surface area contributed by atoms with Crippen LogP contribution in [0.4, 0.5) is 0 Å². The molecule has 0 aliphatic heterocycles. The van der Waals surface area contributed by atoms with Crippen molar-refractivity contribution in [3.63, 3.8) is 0 Å². The summed E-state index contributed by atoms with van der Waals surface area (Å²) in [7, 11) is 4.74. The minimum absolute atomic E-state index is 0.266. The van der Waals surface area contributed by atoms with Crippen LogP contribution in [0.25, 0.3) is 11.3 Å². The van der Waals surface area contributed by atoms with E-state index < -0.39 is 5.91 Å². The fraction of sp³-hybridized carbons (Fsp3) is 0.150. The molecule has 3 aromatic rings. The second kappa shape index (κ2) is 8.72. The van der Waals surface area contributed by atoms with E-state index in [0.29, 0.717) is 28.5 Å². The number of nitrogens with zero attached hydrogens (tertiary/aromatic N) is 2. The van der Waals surface area contributed by atoms with Crippen molar-refractivity contribution in [2.45, 2.75) is 0 Å².